The van der Waals surface area contributed by atoms with Crippen LogP contribution in [0.1, 0.15) is 5.56 Å². The third-order valence-electron chi connectivity index (χ3n) is 5.58. The maximum atomic E-state index is 12.8. The van der Waals surface area contributed by atoms with Gasteiger partial charge in [0.15, 0.2) is 6.61 Å². The molecule has 0 aliphatic carbocycles. The number of ether oxygens (including phenoxy) is 2. The summed E-state index contributed by atoms with van der Waals surface area (Å²) >= 11 is 0. The van der Waals surface area contributed by atoms with Gasteiger partial charge in [-0.15, -0.1) is 0 Å². The average molecular weight is 423 g/mol. The van der Waals surface area contributed by atoms with Gasteiger partial charge in [0.05, 0.1) is 19.2 Å². The number of nitrogens with zero attached hydrogens (tertiary/aromatic N) is 3. The molecular formula is C23H25N3O5. The van der Waals surface area contributed by atoms with E-state index in [1.54, 1.807) is 29.0 Å². The molecule has 31 heavy (non-hydrogen) atoms. The molecule has 0 spiro atoms. The summed E-state index contributed by atoms with van der Waals surface area (Å²) in [6, 6.07) is 14.7. The van der Waals surface area contributed by atoms with E-state index < -0.39 is 0 Å². The molecule has 0 atom stereocenters. The maximum absolute atomic E-state index is 12.8. The van der Waals surface area contributed by atoms with Gasteiger partial charge in [0.25, 0.3) is 5.91 Å². The topological polar surface area (TPSA) is 79.4 Å². The number of fused-ring (bicyclic) bond motifs is 1. The van der Waals surface area contributed by atoms with Crippen molar-refractivity contribution < 1.29 is 23.9 Å². The summed E-state index contributed by atoms with van der Waals surface area (Å²) in [5, 5.41) is 0. The summed E-state index contributed by atoms with van der Waals surface area (Å²) in [5.41, 5.74) is 1.51. The smallest absolute Gasteiger partial charge is 0.265 e. The van der Waals surface area contributed by atoms with E-state index in [-0.39, 0.29) is 30.9 Å². The van der Waals surface area contributed by atoms with Gasteiger partial charge in [0, 0.05) is 26.2 Å². The van der Waals surface area contributed by atoms with Crippen molar-refractivity contribution >= 4 is 23.4 Å². The Labute approximate surface area is 180 Å². The largest absolute Gasteiger partial charge is 0.497 e. The molecule has 1 fully saturated rings. The Morgan fingerprint density at radius 1 is 0.968 bits per heavy atom. The zero-order valence-corrected chi connectivity index (χ0v) is 17.5. The van der Waals surface area contributed by atoms with Crippen molar-refractivity contribution in [2.75, 3.05) is 51.3 Å². The number of methoxy groups -OCH3 is 1. The molecule has 0 saturated carbocycles. The second-order valence-electron chi connectivity index (χ2n) is 7.53. The fourth-order valence-corrected chi connectivity index (χ4v) is 3.84. The quantitative estimate of drug-likeness (QED) is 0.725. The van der Waals surface area contributed by atoms with Crippen molar-refractivity contribution in [3.8, 4) is 11.5 Å². The molecule has 162 valence electrons. The van der Waals surface area contributed by atoms with Crippen LogP contribution in [-0.4, -0.2) is 74.0 Å². The Bertz CT molecular complexity index is 985. The molecule has 3 amide bonds. The monoisotopic (exact) mass is 423 g/mol. The third-order valence-corrected chi connectivity index (χ3v) is 5.58. The highest BCUT2D eigenvalue weighted by Crippen LogP contribution is 2.31. The molecule has 0 aromatic heterocycles. The normalized spacial score (nSPS) is 15.9. The van der Waals surface area contributed by atoms with E-state index >= 15 is 0 Å². The first kappa shape index (κ1) is 20.7. The number of hydrogen-bond acceptors (Lipinski definition) is 5. The van der Waals surface area contributed by atoms with E-state index in [9.17, 15) is 14.4 Å². The van der Waals surface area contributed by atoms with Crippen LogP contribution in [0, 0.1) is 0 Å². The summed E-state index contributed by atoms with van der Waals surface area (Å²) in [6.07, 6.45) is 0.296. The molecule has 0 unspecified atom stereocenters. The van der Waals surface area contributed by atoms with Gasteiger partial charge >= 0.3 is 0 Å². The number of rotatable bonds is 5. The van der Waals surface area contributed by atoms with Crippen LogP contribution in [0.5, 0.6) is 11.5 Å². The Balaban J connectivity index is 1.32. The molecule has 0 radical (unpaired) electrons. The van der Waals surface area contributed by atoms with Crippen molar-refractivity contribution in [3.05, 3.63) is 54.1 Å². The summed E-state index contributed by atoms with van der Waals surface area (Å²) in [5.74, 6) is 0.976. The molecule has 2 heterocycles. The van der Waals surface area contributed by atoms with Gasteiger partial charge in [0.1, 0.15) is 18.0 Å². The lowest BCUT2D eigenvalue weighted by Gasteiger charge is -2.36. The van der Waals surface area contributed by atoms with E-state index in [2.05, 4.69) is 0 Å². The van der Waals surface area contributed by atoms with Gasteiger partial charge in [-0.3, -0.25) is 19.3 Å². The standard InChI is InChI=1S/C23H25N3O5/c1-30-18-6-4-5-17(13-18)14-21(27)24-9-11-25(12-10-24)22(28)15-26-19-7-2-3-8-20(19)31-16-23(26)29/h2-8,13H,9-12,14-16H2,1H3. The van der Waals surface area contributed by atoms with Crippen LogP contribution in [0.15, 0.2) is 48.5 Å². The van der Waals surface area contributed by atoms with E-state index in [0.717, 1.165) is 11.3 Å². The lowest BCUT2D eigenvalue weighted by Crippen LogP contribution is -2.54. The molecule has 8 heteroatoms. The molecule has 0 bridgehead atoms. The first-order chi connectivity index (χ1) is 15.0. The third kappa shape index (κ3) is 4.63. The van der Waals surface area contributed by atoms with Gasteiger partial charge in [0.2, 0.25) is 11.8 Å². The number of hydrogen-bond donors (Lipinski definition) is 0. The molecule has 4 rings (SSSR count). The fraction of sp³-hybridized carbons (Fsp3) is 0.348. The molecule has 2 aromatic carbocycles. The Kier molecular flexibility index (Phi) is 6.06. The van der Waals surface area contributed by atoms with E-state index in [1.807, 2.05) is 36.4 Å². The van der Waals surface area contributed by atoms with Crippen LogP contribution < -0.4 is 14.4 Å². The van der Waals surface area contributed by atoms with E-state index in [1.165, 1.54) is 4.90 Å². The van der Waals surface area contributed by atoms with Crippen LogP contribution in [0.3, 0.4) is 0 Å². The van der Waals surface area contributed by atoms with E-state index in [0.29, 0.717) is 44.0 Å². The van der Waals surface area contributed by atoms with Crippen LogP contribution in [-0.2, 0) is 20.8 Å². The zero-order chi connectivity index (χ0) is 21.8. The van der Waals surface area contributed by atoms with Gasteiger partial charge in [-0.1, -0.05) is 24.3 Å². The molecule has 2 aliphatic heterocycles. The van der Waals surface area contributed by atoms with Crippen molar-refractivity contribution in [2.24, 2.45) is 0 Å². The molecule has 0 N–H and O–H groups in total. The number of piperazine rings is 1. The van der Waals surface area contributed by atoms with Crippen molar-refractivity contribution in [1.29, 1.82) is 0 Å². The van der Waals surface area contributed by atoms with Gasteiger partial charge in [-0.2, -0.15) is 0 Å². The summed E-state index contributed by atoms with van der Waals surface area (Å²) in [7, 11) is 1.60. The zero-order valence-electron chi connectivity index (χ0n) is 17.5. The van der Waals surface area contributed by atoms with Crippen molar-refractivity contribution in [3.63, 3.8) is 0 Å². The second kappa shape index (κ2) is 9.07. The highest BCUT2D eigenvalue weighted by Gasteiger charge is 2.30. The van der Waals surface area contributed by atoms with Crippen molar-refractivity contribution in [2.45, 2.75) is 6.42 Å². The highest BCUT2D eigenvalue weighted by atomic mass is 16.5. The average Bonchev–Trinajstić information content (AvgIpc) is 2.81. The predicted molar refractivity (Wildman–Crippen MR) is 114 cm³/mol. The maximum Gasteiger partial charge on any atom is 0.265 e. The predicted octanol–water partition coefficient (Wildman–Crippen LogP) is 1.33. The molecular weight excluding hydrogens is 398 g/mol. The minimum Gasteiger partial charge on any atom is -0.497 e. The molecule has 2 aliphatic rings. The first-order valence-corrected chi connectivity index (χ1v) is 10.3. The number of amides is 3. The lowest BCUT2D eigenvalue weighted by molar-refractivity contribution is -0.138. The van der Waals surface area contributed by atoms with Crippen LogP contribution in [0.2, 0.25) is 0 Å². The van der Waals surface area contributed by atoms with Crippen LogP contribution in [0.4, 0.5) is 5.69 Å². The first-order valence-electron chi connectivity index (χ1n) is 10.3. The highest BCUT2D eigenvalue weighted by molar-refractivity contribution is 6.02. The number of carbonyl (C=O) groups excluding carboxylic acids is 3. The Morgan fingerprint density at radius 3 is 2.42 bits per heavy atom. The Morgan fingerprint density at radius 2 is 1.68 bits per heavy atom. The fourth-order valence-electron chi connectivity index (χ4n) is 3.84. The minimum absolute atomic E-state index is 0.0256. The number of benzene rings is 2. The molecule has 1 saturated heterocycles. The van der Waals surface area contributed by atoms with Crippen LogP contribution >= 0.6 is 0 Å². The summed E-state index contributed by atoms with van der Waals surface area (Å²) in [6.45, 7) is 1.74. The molecule has 2 aromatic rings. The Hall–Kier alpha value is -3.55. The molecule has 8 nitrogen and oxygen atoms in total. The second-order valence-corrected chi connectivity index (χ2v) is 7.53. The van der Waals surface area contributed by atoms with E-state index in [4.69, 9.17) is 9.47 Å². The van der Waals surface area contributed by atoms with Gasteiger partial charge < -0.3 is 19.3 Å². The number of carbonyl (C=O) groups is 3. The SMILES string of the molecule is COc1cccc(CC(=O)N2CCN(C(=O)CN3C(=O)COc4ccccc43)CC2)c1. The van der Waals surface area contributed by atoms with Gasteiger partial charge in [-0.25, -0.2) is 0 Å². The van der Waals surface area contributed by atoms with Gasteiger partial charge in [-0.05, 0) is 29.8 Å². The van der Waals surface area contributed by atoms with Crippen molar-refractivity contribution in [1.82, 2.24) is 9.80 Å². The number of para-hydroxylation sites is 2. The van der Waals surface area contributed by atoms with Crippen LogP contribution in [0.25, 0.3) is 0 Å². The summed E-state index contributed by atoms with van der Waals surface area (Å²) in [4.78, 5) is 42.8. The summed E-state index contributed by atoms with van der Waals surface area (Å²) < 4.78 is 10.6. The lowest BCUT2D eigenvalue weighted by atomic mass is 10.1. The minimum atomic E-state index is -0.237. The number of anilines is 1.